The number of phenolic OH excluding ortho intramolecular Hbond substituents is 2. The predicted octanol–water partition coefficient (Wildman–Crippen LogP) is 4.82. The third kappa shape index (κ3) is 4.63. The molecule has 0 bridgehead atoms. The van der Waals surface area contributed by atoms with Gasteiger partial charge in [0.2, 0.25) is 0 Å². The third-order valence-electron chi connectivity index (χ3n) is 5.88. The van der Waals surface area contributed by atoms with Crippen molar-refractivity contribution in [3.05, 3.63) is 113 Å². The summed E-state index contributed by atoms with van der Waals surface area (Å²) in [7, 11) is 0. The number of nitrogens with one attached hydrogen (secondary N) is 2. The van der Waals surface area contributed by atoms with Gasteiger partial charge in [-0.1, -0.05) is 60.7 Å². The third-order valence-corrected chi connectivity index (χ3v) is 5.88. The average molecular weight is 463 g/mol. The van der Waals surface area contributed by atoms with E-state index >= 15 is 0 Å². The van der Waals surface area contributed by atoms with E-state index in [2.05, 4.69) is 34.9 Å². The minimum atomic E-state index is -0.487. The standard InChI is InChI=1S/C29H22N2O4/c32-26-12-9-20(15-27(26)33)16-30-17-25-24-14-19(8-11-23(24)28(34)31-29(25)35)6-5-18-7-10-21-3-1-2-4-22(21)13-18/h1-15,17,30,32-33H,16H2,(H,31,34,35). The molecule has 1 aliphatic heterocycles. The zero-order valence-electron chi connectivity index (χ0n) is 18.7. The molecule has 4 aromatic carbocycles. The minimum Gasteiger partial charge on any atom is -0.504 e. The second-order valence-electron chi connectivity index (χ2n) is 8.29. The minimum absolute atomic E-state index is 0.199. The molecule has 0 unspecified atom stereocenters. The molecular weight excluding hydrogens is 440 g/mol. The number of phenols is 2. The summed E-state index contributed by atoms with van der Waals surface area (Å²) in [5.41, 5.74) is 3.92. The predicted molar refractivity (Wildman–Crippen MR) is 136 cm³/mol. The summed E-state index contributed by atoms with van der Waals surface area (Å²) in [5, 5.41) is 26.9. The molecule has 5 rings (SSSR count). The van der Waals surface area contributed by atoms with E-state index in [1.165, 1.54) is 17.5 Å². The van der Waals surface area contributed by atoms with E-state index in [9.17, 15) is 19.8 Å². The number of rotatable bonds is 5. The number of imide groups is 1. The molecular formula is C29H22N2O4. The van der Waals surface area contributed by atoms with Crippen LogP contribution < -0.4 is 10.6 Å². The molecule has 0 saturated heterocycles. The van der Waals surface area contributed by atoms with Gasteiger partial charge >= 0.3 is 0 Å². The van der Waals surface area contributed by atoms with E-state index in [-0.39, 0.29) is 11.5 Å². The molecule has 172 valence electrons. The van der Waals surface area contributed by atoms with E-state index in [1.54, 1.807) is 18.3 Å². The van der Waals surface area contributed by atoms with Crippen molar-refractivity contribution < 1.29 is 19.8 Å². The first-order valence-electron chi connectivity index (χ1n) is 11.1. The van der Waals surface area contributed by atoms with Gasteiger partial charge in [-0.15, -0.1) is 0 Å². The molecule has 0 fully saturated rings. The summed E-state index contributed by atoms with van der Waals surface area (Å²) in [6.45, 7) is 0.315. The van der Waals surface area contributed by atoms with Crippen LogP contribution in [0.5, 0.6) is 11.5 Å². The Morgan fingerprint density at radius 1 is 0.714 bits per heavy atom. The number of amides is 2. The maximum atomic E-state index is 12.6. The van der Waals surface area contributed by atoms with Gasteiger partial charge in [-0.3, -0.25) is 14.9 Å². The van der Waals surface area contributed by atoms with Crippen LogP contribution >= 0.6 is 0 Å². The molecule has 35 heavy (non-hydrogen) atoms. The maximum Gasteiger partial charge on any atom is 0.260 e. The number of fused-ring (bicyclic) bond motifs is 2. The van der Waals surface area contributed by atoms with Crippen LogP contribution in [0.3, 0.4) is 0 Å². The Bertz CT molecular complexity index is 1540. The van der Waals surface area contributed by atoms with Gasteiger partial charge in [-0.05, 0) is 57.8 Å². The summed E-state index contributed by atoms with van der Waals surface area (Å²) >= 11 is 0. The molecule has 1 heterocycles. The van der Waals surface area contributed by atoms with Crippen molar-refractivity contribution in [3.8, 4) is 11.5 Å². The Hall–Kier alpha value is -4.84. The van der Waals surface area contributed by atoms with Crippen molar-refractivity contribution in [1.29, 1.82) is 0 Å². The molecule has 4 N–H and O–H groups in total. The first kappa shape index (κ1) is 22.0. The van der Waals surface area contributed by atoms with Gasteiger partial charge in [-0.25, -0.2) is 0 Å². The van der Waals surface area contributed by atoms with Crippen LogP contribution in [0.25, 0.3) is 28.5 Å². The Labute approximate surface area is 201 Å². The van der Waals surface area contributed by atoms with Crippen molar-refractivity contribution in [3.63, 3.8) is 0 Å². The molecule has 2 amide bonds. The van der Waals surface area contributed by atoms with Crippen LogP contribution in [0.2, 0.25) is 0 Å². The maximum absolute atomic E-state index is 12.6. The summed E-state index contributed by atoms with van der Waals surface area (Å²) in [5.74, 6) is -1.34. The van der Waals surface area contributed by atoms with Crippen molar-refractivity contribution in [2.24, 2.45) is 0 Å². The number of carbonyl (C=O) groups excluding carboxylic acids is 2. The van der Waals surface area contributed by atoms with Crippen molar-refractivity contribution in [1.82, 2.24) is 10.6 Å². The van der Waals surface area contributed by atoms with E-state index in [4.69, 9.17) is 0 Å². The molecule has 4 aromatic rings. The summed E-state index contributed by atoms with van der Waals surface area (Å²) < 4.78 is 0. The van der Waals surface area contributed by atoms with Crippen LogP contribution in [0.1, 0.15) is 32.6 Å². The zero-order valence-corrected chi connectivity index (χ0v) is 18.7. The molecule has 0 radical (unpaired) electrons. The fourth-order valence-electron chi connectivity index (χ4n) is 4.04. The molecule has 6 heteroatoms. The number of aromatic hydroxyl groups is 2. The summed E-state index contributed by atoms with van der Waals surface area (Å²) in [4.78, 5) is 25.0. The smallest absolute Gasteiger partial charge is 0.260 e. The normalized spacial score (nSPS) is 14.3. The number of hydrogen-bond acceptors (Lipinski definition) is 5. The molecule has 0 aromatic heterocycles. The van der Waals surface area contributed by atoms with Gasteiger partial charge in [0.25, 0.3) is 11.8 Å². The topological polar surface area (TPSA) is 98.7 Å². The second kappa shape index (κ2) is 9.19. The van der Waals surface area contributed by atoms with Crippen LogP contribution in [-0.4, -0.2) is 22.0 Å². The van der Waals surface area contributed by atoms with E-state index in [1.807, 2.05) is 42.5 Å². The Balaban J connectivity index is 1.41. The highest BCUT2D eigenvalue weighted by Crippen LogP contribution is 2.27. The Morgan fingerprint density at radius 3 is 2.26 bits per heavy atom. The zero-order chi connectivity index (χ0) is 24.4. The van der Waals surface area contributed by atoms with Crippen molar-refractivity contribution in [2.75, 3.05) is 0 Å². The number of benzene rings is 4. The highest BCUT2D eigenvalue weighted by molar-refractivity contribution is 6.31. The first-order chi connectivity index (χ1) is 17.0. The lowest BCUT2D eigenvalue weighted by Gasteiger charge is -2.19. The monoisotopic (exact) mass is 462 g/mol. The van der Waals surface area contributed by atoms with Gasteiger partial charge in [0.1, 0.15) is 0 Å². The summed E-state index contributed by atoms with van der Waals surface area (Å²) in [6.07, 6.45) is 5.50. The fraction of sp³-hybridized carbons (Fsp3) is 0.0345. The van der Waals surface area contributed by atoms with Gasteiger partial charge < -0.3 is 15.5 Å². The Kier molecular flexibility index (Phi) is 5.77. The molecule has 0 saturated carbocycles. The van der Waals surface area contributed by atoms with Crippen LogP contribution in [0.4, 0.5) is 0 Å². The van der Waals surface area contributed by atoms with Gasteiger partial charge in [0, 0.05) is 23.9 Å². The largest absolute Gasteiger partial charge is 0.504 e. The van der Waals surface area contributed by atoms with Gasteiger partial charge in [-0.2, -0.15) is 0 Å². The summed E-state index contributed by atoms with van der Waals surface area (Å²) in [6, 6.07) is 24.3. The average Bonchev–Trinajstić information content (AvgIpc) is 2.86. The molecule has 0 aliphatic carbocycles. The van der Waals surface area contributed by atoms with Gasteiger partial charge in [0.15, 0.2) is 11.5 Å². The number of carbonyl (C=O) groups is 2. The lowest BCUT2D eigenvalue weighted by molar-refractivity contribution is -0.114. The van der Waals surface area contributed by atoms with E-state index in [0.29, 0.717) is 23.2 Å². The Morgan fingerprint density at radius 2 is 1.46 bits per heavy atom. The molecule has 1 aliphatic rings. The van der Waals surface area contributed by atoms with Gasteiger partial charge in [0.05, 0.1) is 5.57 Å². The SMILES string of the molecule is O=C1NC(=O)c2ccc(C=Cc3ccc4ccccc4c3)cc2C1=CNCc1ccc(O)c(O)c1. The van der Waals surface area contributed by atoms with Crippen molar-refractivity contribution >= 4 is 40.3 Å². The van der Waals surface area contributed by atoms with Crippen LogP contribution in [0.15, 0.2) is 85.1 Å². The lowest BCUT2D eigenvalue weighted by Crippen LogP contribution is -2.37. The highest BCUT2D eigenvalue weighted by Gasteiger charge is 2.27. The first-order valence-corrected chi connectivity index (χ1v) is 11.1. The second-order valence-corrected chi connectivity index (χ2v) is 8.29. The van der Waals surface area contributed by atoms with Crippen LogP contribution in [0, 0.1) is 0 Å². The molecule has 0 spiro atoms. The quantitative estimate of drug-likeness (QED) is 0.148. The highest BCUT2D eigenvalue weighted by atomic mass is 16.3. The van der Waals surface area contributed by atoms with Crippen LogP contribution in [-0.2, 0) is 11.3 Å². The van der Waals surface area contributed by atoms with E-state index in [0.717, 1.165) is 22.1 Å². The molecule has 0 atom stereocenters. The van der Waals surface area contributed by atoms with Crippen molar-refractivity contribution in [2.45, 2.75) is 6.54 Å². The lowest BCUT2D eigenvalue weighted by atomic mass is 9.93. The number of hydrogen-bond donors (Lipinski definition) is 4. The van der Waals surface area contributed by atoms with E-state index < -0.39 is 11.8 Å². The molecule has 6 nitrogen and oxygen atoms in total. The fourth-order valence-corrected chi connectivity index (χ4v) is 4.04.